The summed E-state index contributed by atoms with van der Waals surface area (Å²) < 4.78 is 13.5. The van der Waals surface area contributed by atoms with Crippen LogP contribution in [0.2, 0.25) is 5.02 Å². The van der Waals surface area contributed by atoms with Gasteiger partial charge in [-0.2, -0.15) is 0 Å². The average Bonchev–Trinajstić information content (AvgIpc) is 2.34. The van der Waals surface area contributed by atoms with Crippen molar-refractivity contribution in [3.63, 3.8) is 0 Å². The molecule has 0 saturated carbocycles. The van der Waals surface area contributed by atoms with E-state index in [4.69, 9.17) is 11.6 Å². The van der Waals surface area contributed by atoms with Gasteiger partial charge in [-0.3, -0.25) is 0 Å². The zero-order chi connectivity index (χ0) is 12.3. The third kappa shape index (κ3) is 2.99. The first kappa shape index (κ1) is 12.0. The molecule has 1 N–H and O–H groups in total. The van der Waals surface area contributed by atoms with E-state index >= 15 is 0 Å². The summed E-state index contributed by atoms with van der Waals surface area (Å²) in [6.45, 7) is 0. The van der Waals surface area contributed by atoms with Gasteiger partial charge in [-0.15, -0.1) is 0 Å². The van der Waals surface area contributed by atoms with E-state index in [2.05, 4.69) is 9.97 Å². The summed E-state index contributed by atoms with van der Waals surface area (Å²) in [5.74, 6) is -0.423. The largest absolute Gasteiger partial charge is 0.388 e. The smallest absolute Gasteiger partial charge is 0.127 e. The number of aliphatic hydroxyl groups is 1. The van der Waals surface area contributed by atoms with E-state index in [0.29, 0.717) is 16.1 Å². The highest BCUT2D eigenvalue weighted by Gasteiger charge is 2.12. The summed E-state index contributed by atoms with van der Waals surface area (Å²) in [5, 5.41) is 10.2. The standard InChI is InChI=1S/C12H10ClFN2O/c13-10-2-1-8(11(14)4-10)3-12(17)9-5-15-7-16-6-9/h1-2,4-7,12,17H,3H2. The van der Waals surface area contributed by atoms with Crippen molar-refractivity contribution < 1.29 is 9.50 Å². The summed E-state index contributed by atoms with van der Waals surface area (Å²) in [6, 6.07) is 4.38. The second-order valence-corrected chi connectivity index (χ2v) is 4.06. The fourth-order valence-corrected chi connectivity index (χ4v) is 1.65. The van der Waals surface area contributed by atoms with Gasteiger partial charge in [0.1, 0.15) is 12.1 Å². The monoisotopic (exact) mass is 252 g/mol. The summed E-state index contributed by atoms with van der Waals surface area (Å²) in [7, 11) is 0. The molecule has 17 heavy (non-hydrogen) atoms. The Labute approximate surface area is 103 Å². The molecule has 2 aromatic rings. The SMILES string of the molecule is OC(Cc1ccc(Cl)cc1F)c1cncnc1. The minimum atomic E-state index is -0.827. The molecule has 0 radical (unpaired) electrons. The van der Waals surface area contributed by atoms with Crippen LogP contribution in [0.15, 0.2) is 36.9 Å². The summed E-state index contributed by atoms with van der Waals surface area (Å²) in [5.41, 5.74) is 0.965. The van der Waals surface area contributed by atoms with Crippen LogP contribution in [-0.2, 0) is 6.42 Å². The Bertz CT molecular complexity index is 507. The van der Waals surface area contributed by atoms with Crippen LogP contribution < -0.4 is 0 Å². The Hall–Kier alpha value is -1.52. The molecule has 1 atom stereocenters. The number of aromatic nitrogens is 2. The van der Waals surface area contributed by atoms with Crippen LogP contribution in [0.4, 0.5) is 4.39 Å². The van der Waals surface area contributed by atoms with E-state index in [1.807, 2.05) is 0 Å². The van der Waals surface area contributed by atoms with Gasteiger partial charge >= 0.3 is 0 Å². The molecule has 5 heteroatoms. The molecular formula is C12H10ClFN2O. The first-order chi connectivity index (χ1) is 8.16. The number of nitrogens with zero attached hydrogens (tertiary/aromatic N) is 2. The van der Waals surface area contributed by atoms with E-state index in [0.717, 1.165) is 0 Å². The van der Waals surface area contributed by atoms with Crippen molar-refractivity contribution in [1.82, 2.24) is 9.97 Å². The molecule has 3 nitrogen and oxygen atoms in total. The van der Waals surface area contributed by atoms with Gasteiger partial charge in [0.15, 0.2) is 0 Å². The van der Waals surface area contributed by atoms with Crippen molar-refractivity contribution in [2.24, 2.45) is 0 Å². The third-order valence-electron chi connectivity index (χ3n) is 2.39. The van der Waals surface area contributed by atoms with Crippen LogP contribution in [0.5, 0.6) is 0 Å². The van der Waals surface area contributed by atoms with Crippen LogP contribution >= 0.6 is 11.6 Å². The van der Waals surface area contributed by atoms with Crippen LogP contribution in [-0.4, -0.2) is 15.1 Å². The van der Waals surface area contributed by atoms with Gasteiger partial charge in [0, 0.05) is 29.4 Å². The quantitative estimate of drug-likeness (QED) is 0.913. The van der Waals surface area contributed by atoms with E-state index in [9.17, 15) is 9.50 Å². The molecule has 0 amide bonds. The average molecular weight is 253 g/mol. The molecule has 0 aliphatic heterocycles. The fourth-order valence-electron chi connectivity index (χ4n) is 1.50. The molecule has 1 unspecified atom stereocenters. The zero-order valence-corrected chi connectivity index (χ0v) is 9.60. The van der Waals surface area contributed by atoms with Crippen LogP contribution in [0.3, 0.4) is 0 Å². The summed E-state index contributed by atoms with van der Waals surface area (Å²) in [4.78, 5) is 7.60. The molecule has 0 aliphatic rings. The number of halogens is 2. The van der Waals surface area contributed by atoms with Crippen molar-refractivity contribution in [3.8, 4) is 0 Å². The Morgan fingerprint density at radius 2 is 2.00 bits per heavy atom. The number of rotatable bonds is 3. The number of hydrogen-bond donors (Lipinski definition) is 1. The lowest BCUT2D eigenvalue weighted by Crippen LogP contribution is -2.04. The molecule has 0 aliphatic carbocycles. The molecular weight excluding hydrogens is 243 g/mol. The van der Waals surface area contributed by atoms with Gasteiger partial charge in [0.25, 0.3) is 0 Å². The maximum Gasteiger partial charge on any atom is 0.127 e. The third-order valence-corrected chi connectivity index (χ3v) is 2.63. The van der Waals surface area contributed by atoms with Gasteiger partial charge in [-0.25, -0.2) is 14.4 Å². The van der Waals surface area contributed by atoms with E-state index in [-0.39, 0.29) is 6.42 Å². The van der Waals surface area contributed by atoms with Crippen molar-refractivity contribution in [1.29, 1.82) is 0 Å². The molecule has 1 heterocycles. The van der Waals surface area contributed by atoms with Gasteiger partial charge in [0.2, 0.25) is 0 Å². The minimum Gasteiger partial charge on any atom is -0.388 e. The Morgan fingerprint density at radius 3 is 2.65 bits per heavy atom. The molecule has 1 aromatic heterocycles. The normalized spacial score (nSPS) is 12.4. The molecule has 0 fully saturated rings. The van der Waals surface area contributed by atoms with Crippen LogP contribution in [0.1, 0.15) is 17.2 Å². The molecule has 0 bridgehead atoms. The van der Waals surface area contributed by atoms with Gasteiger partial charge in [-0.1, -0.05) is 17.7 Å². The van der Waals surface area contributed by atoms with Gasteiger partial charge in [-0.05, 0) is 17.7 Å². The second-order valence-electron chi connectivity index (χ2n) is 3.63. The summed E-state index contributed by atoms with van der Waals surface area (Å²) in [6.07, 6.45) is 3.72. The first-order valence-electron chi connectivity index (χ1n) is 5.03. The van der Waals surface area contributed by atoms with Crippen LogP contribution in [0, 0.1) is 5.82 Å². The highest BCUT2D eigenvalue weighted by atomic mass is 35.5. The first-order valence-corrected chi connectivity index (χ1v) is 5.41. The maximum absolute atomic E-state index is 13.5. The van der Waals surface area contributed by atoms with Crippen LogP contribution in [0.25, 0.3) is 0 Å². The minimum absolute atomic E-state index is 0.163. The number of benzene rings is 1. The van der Waals surface area contributed by atoms with E-state index in [1.165, 1.54) is 24.8 Å². The Balaban J connectivity index is 2.16. The predicted molar refractivity (Wildman–Crippen MR) is 62.1 cm³/mol. The Morgan fingerprint density at radius 1 is 1.29 bits per heavy atom. The van der Waals surface area contributed by atoms with Crippen molar-refractivity contribution >= 4 is 11.6 Å². The second kappa shape index (κ2) is 5.21. The van der Waals surface area contributed by atoms with Crippen molar-refractivity contribution in [2.75, 3.05) is 0 Å². The Kier molecular flexibility index (Phi) is 3.66. The fraction of sp³-hybridized carbons (Fsp3) is 0.167. The van der Waals surface area contributed by atoms with Crippen molar-refractivity contribution in [3.05, 3.63) is 58.9 Å². The van der Waals surface area contributed by atoms with E-state index < -0.39 is 11.9 Å². The van der Waals surface area contributed by atoms with E-state index in [1.54, 1.807) is 12.1 Å². The lowest BCUT2D eigenvalue weighted by atomic mass is 10.0. The maximum atomic E-state index is 13.5. The highest BCUT2D eigenvalue weighted by Crippen LogP contribution is 2.21. The van der Waals surface area contributed by atoms with Gasteiger partial charge in [0.05, 0.1) is 6.10 Å². The molecule has 2 rings (SSSR count). The van der Waals surface area contributed by atoms with Gasteiger partial charge < -0.3 is 5.11 Å². The molecule has 1 aromatic carbocycles. The number of aliphatic hydroxyl groups excluding tert-OH is 1. The summed E-state index contributed by atoms with van der Waals surface area (Å²) >= 11 is 5.65. The lowest BCUT2D eigenvalue weighted by molar-refractivity contribution is 0.176. The zero-order valence-electron chi connectivity index (χ0n) is 8.85. The molecule has 0 saturated heterocycles. The molecule has 0 spiro atoms. The molecule has 88 valence electrons. The lowest BCUT2D eigenvalue weighted by Gasteiger charge is -2.10. The number of hydrogen-bond acceptors (Lipinski definition) is 3. The predicted octanol–water partition coefficient (Wildman–Crippen LogP) is 2.55. The van der Waals surface area contributed by atoms with Crippen molar-refractivity contribution in [2.45, 2.75) is 12.5 Å². The topological polar surface area (TPSA) is 46.0 Å². The highest BCUT2D eigenvalue weighted by molar-refractivity contribution is 6.30.